The fourth-order valence-electron chi connectivity index (χ4n) is 7.86. The third-order valence-electron chi connectivity index (χ3n) is 9.08. The quantitative estimate of drug-likeness (QED) is 0.802. The van der Waals surface area contributed by atoms with E-state index in [0.717, 1.165) is 19.5 Å². The second kappa shape index (κ2) is 6.75. The van der Waals surface area contributed by atoms with Gasteiger partial charge in [-0.25, -0.2) is 0 Å². The summed E-state index contributed by atoms with van der Waals surface area (Å²) in [6.07, 6.45) is 8.14. The molecule has 1 saturated heterocycles. The molecule has 0 aromatic heterocycles. The third-order valence-corrected chi connectivity index (χ3v) is 9.94. The number of piperidine rings is 1. The highest BCUT2D eigenvalue weighted by Gasteiger charge is 2.69. The molecular formula is C25H36N2OS. The number of carbonyl (C=O) groups excluding carboxylic acids is 1. The van der Waals surface area contributed by atoms with Gasteiger partial charge in [0.1, 0.15) is 0 Å². The van der Waals surface area contributed by atoms with Gasteiger partial charge in [0.05, 0.1) is 0 Å². The minimum absolute atomic E-state index is 0.0198. The molecule has 5 aliphatic rings. The van der Waals surface area contributed by atoms with Crippen LogP contribution in [0.5, 0.6) is 0 Å². The molecule has 2 N–H and O–H groups in total. The predicted octanol–water partition coefficient (Wildman–Crippen LogP) is 4.31. The Balaban J connectivity index is 1.44. The van der Waals surface area contributed by atoms with Crippen LogP contribution in [-0.2, 0) is 10.2 Å². The molecule has 1 heterocycles. The molecule has 6 rings (SSSR count). The first-order valence-electron chi connectivity index (χ1n) is 11.4. The molecule has 4 bridgehead atoms. The van der Waals surface area contributed by atoms with Crippen LogP contribution >= 0.6 is 11.8 Å². The number of nitrogens with zero attached hydrogens (tertiary/aromatic N) is 1. The maximum atomic E-state index is 13.8. The van der Waals surface area contributed by atoms with E-state index in [1.807, 2.05) is 11.8 Å². The molecule has 1 amide bonds. The normalized spacial score (nSPS) is 42.4. The van der Waals surface area contributed by atoms with Gasteiger partial charge in [0.25, 0.3) is 0 Å². The number of likely N-dealkylation sites (tertiary alicyclic amines) is 1. The van der Waals surface area contributed by atoms with Crippen LogP contribution in [0.4, 0.5) is 0 Å². The van der Waals surface area contributed by atoms with E-state index in [4.69, 9.17) is 5.73 Å². The van der Waals surface area contributed by atoms with Crippen molar-refractivity contribution < 1.29 is 4.79 Å². The summed E-state index contributed by atoms with van der Waals surface area (Å²) in [6.45, 7) is 6.12. The molecule has 29 heavy (non-hydrogen) atoms. The summed E-state index contributed by atoms with van der Waals surface area (Å²) in [5.74, 6) is 3.02. The van der Waals surface area contributed by atoms with Gasteiger partial charge in [-0.15, -0.1) is 0 Å². The summed E-state index contributed by atoms with van der Waals surface area (Å²) in [4.78, 5) is 16.0. The monoisotopic (exact) mass is 412 g/mol. The topological polar surface area (TPSA) is 46.3 Å². The van der Waals surface area contributed by atoms with Crippen LogP contribution in [0.15, 0.2) is 30.3 Å². The number of thioether (sulfide) groups is 1. The van der Waals surface area contributed by atoms with E-state index >= 15 is 0 Å². The van der Waals surface area contributed by atoms with E-state index in [1.54, 1.807) is 0 Å². The number of nitrogens with two attached hydrogens (primary N) is 1. The summed E-state index contributed by atoms with van der Waals surface area (Å²) in [6, 6.07) is 11.4. The molecule has 5 unspecified atom stereocenters. The van der Waals surface area contributed by atoms with Crippen molar-refractivity contribution in [1.29, 1.82) is 0 Å². The highest BCUT2D eigenvalue weighted by Crippen LogP contribution is 2.73. The van der Waals surface area contributed by atoms with Crippen molar-refractivity contribution in [3.63, 3.8) is 0 Å². The minimum Gasteiger partial charge on any atom is -0.342 e. The molecule has 4 aliphatic carbocycles. The van der Waals surface area contributed by atoms with E-state index in [-0.39, 0.29) is 17.4 Å². The Kier molecular flexibility index (Phi) is 4.64. The summed E-state index contributed by atoms with van der Waals surface area (Å²) >= 11 is 1.99. The lowest BCUT2D eigenvalue weighted by Crippen LogP contribution is -2.56. The van der Waals surface area contributed by atoms with E-state index in [9.17, 15) is 4.79 Å². The predicted molar refractivity (Wildman–Crippen MR) is 121 cm³/mol. The van der Waals surface area contributed by atoms with Gasteiger partial charge in [-0.3, -0.25) is 4.79 Å². The molecule has 1 aromatic rings. The number of benzene rings is 1. The van der Waals surface area contributed by atoms with Gasteiger partial charge in [0.2, 0.25) is 5.91 Å². The molecule has 4 saturated carbocycles. The van der Waals surface area contributed by atoms with Crippen molar-refractivity contribution in [3.05, 3.63) is 35.9 Å². The van der Waals surface area contributed by atoms with Crippen molar-refractivity contribution in [2.45, 2.75) is 57.4 Å². The molecular weight excluding hydrogens is 376 g/mol. The number of amides is 1. The Bertz CT molecular complexity index is 795. The van der Waals surface area contributed by atoms with E-state index in [0.29, 0.717) is 28.6 Å². The van der Waals surface area contributed by atoms with Crippen molar-refractivity contribution in [3.8, 4) is 0 Å². The van der Waals surface area contributed by atoms with Crippen LogP contribution < -0.4 is 5.73 Å². The lowest BCUT2D eigenvalue weighted by atomic mass is 9.62. The molecule has 1 aromatic carbocycles. The first-order valence-corrected chi connectivity index (χ1v) is 12.8. The van der Waals surface area contributed by atoms with Gasteiger partial charge in [-0.05, 0) is 77.8 Å². The van der Waals surface area contributed by atoms with Crippen LogP contribution in [0.3, 0.4) is 0 Å². The van der Waals surface area contributed by atoms with Crippen molar-refractivity contribution in [2.75, 3.05) is 25.1 Å². The minimum atomic E-state index is 0.0198. The molecule has 4 heteroatoms. The summed E-state index contributed by atoms with van der Waals surface area (Å²) in [5, 5.41) is 0. The molecule has 0 spiro atoms. The van der Waals surface area contributed by atoms with Gasteiger partial charge in [0.15, 0.2) is 0 Å². The molecule has 3 nitrogen and oxygen atoms in total. The largest absolute Gasteiger partial charge is 0.342 e. The van der Waals surface area contributed by atoms with Crippen LogP contribution in [0, 0.1) is 28.6 Å². The van der Waals surface area contributed by atoms with Gasteiger partial charge in [0, 0.05) is 25.0 Å². The highest BCUT2D eigenvalue weighted by atomic mass is 32.2. The van der Waals surface area contributed by atoms with Crippen molar-refractivity contribution in [2.24, 2.45) is 34.3 Å². The maximum absolute atomic E-state index is 13.8. The fourth-order valence-corrected chi connectivity index (χ4v) is 8.87. The molecule has 5 fully saturated rings. The zero-order valence-electron chi connectivity index (χ0n) is 18.2. The number of carbonyl (C=O) groups is 1. The highest BCUT2D eigenvalue weighted by molar-refractivity contribution is 7.98. The Morgan fingerprint density at radius 1 is 1.21 bits per heavy atom. The first-order chi connectivity index (χ1) is 13.8. The summed E-state index contributed by atoms with van der Waals surface area (Å²) < 4.78 is 0. The van der Waals surface area contributed by atoms with E-state index < -0.39 is 0 Å². The second-order valence-electron chi connectivity index (χ2n) is 11.3. The average molecular weight is 413 g/mol. The fraction of sp³-hybridized carbons (Fsp3) is 0.720. The summed E-state index contributed by atoms with van der Waals surface area (Å²) in [7, 11) is 0. The number of rotatable bonds is 4. The van der Waals surface area contributed by atoms with Crippen LogP contribution in [0.1, 0.15) is 51.5 Å². The maximum Gasteiger partial charge on any atom is 0.226 e. The lowest BCUT2D eigenvalue weighted by Gasteiger charge is -2.46. The lowest BCUT2D eigenvalue weighted by molar-refractivity contribution is -0.143. The van der Waals surface area contributed by atoms with Gasteiger partial charge < -0.3 is 10.6 Å². The molecule has 0 radical (unpaired) electrons. The molecule has 158 valence electrons. The SMILES string of the molecule is CSCC12CC3CC(c4ccccc4)(CC1C3C(=O)N1CC[C@H](N)C(C)(C)C1)C2. The smallest absolute Gasteiger partial charge is 0.226 e. The first kappa shape index (κ1) is 19.9. The Labute approximate surface area is 180 Å². The number of hydrogen-bond donors (Lipinski definition) is 1. The average Bonchev–Trinajstić information content (AvgIpc) is 3.05. The summed E-state index contributed by atoms with van der Waals surface area (Å²) in [5.41, 5.74) is 8.56. The standard InChI is InChI=1S/C25H36N2OS/c1-23(2)15-27(10-9-20(23)26)22(28)21-17-11-24(18-7-5-4-6-8-18)13-19(21)25(12-17,14-24)16-29-3/h4-8,17,19-21H,9-16,26H2,1-3H3/t17?,19?,20-,21?,24?,25?/m0/s1. The van der Waals surface area contributed by atoms with Gasteiger partial charge in [-0.2, -0.15) is 11.8 Å². The van der Waals surface area contributed by atoms with E-state index in [2.05, 4.69) is 55.3 Å². The van der Waals surface area contributed by atoms with Crippen molar-refractivity contribution >= 4 is 17.7 Å². The van der Waals surface area contributed by atoms with Gasteiger partial charge in [-0.1, -0.05) is 44.2 Å². The van der Waals surface area contributed by atoms with Gasteiger partial charge >= 0.3 is 0 Å². The molecule has 6 atom stereocenters. The Morgan fingerprint density at radius 3 is 2.66 bits per heavy atom. The van der Waals surface area contributed by atoms with E-state index in [1.165, 1.54) is 37.0 Å². The van der Waals surface area contributed by atoms with Crippen LogP contribution in [0.25, 0.3) is 0 Å². The zero-order chi connectivity index (χ0) is 20.4. The van der Waals surface area contributed by atoms with Crippen LogP contribution in [0.2, 0.25) is 0 Å². The second-order valence-corrected chi connectivity index (χ2v) is 12.1. The Hall–Kier alpha value is -1.00. The number of hydrogen-bond acceptors (Lipinski definition) is 3. The molecule has 1 aliphatic heterocycles. The third kappa shape index (κ3) is 2.92. The van der Waals surface area contributed by atoms with Crippen LogP contribution in [-0.4, -0.2) is 41.9 Å². The Morgan fingerprint density at radius 2 is 1.97 bits per heavy atom. The zero-order valence-corrected chi connectivity index (χ0v) is 19.0. The van der Waals surface area contributed by atoms with Crippen molar-refractivity contribution in [1.82, 2.24) is 4.90 Å².